The molecule has 1 aliphatic heterocycles. The number of amides is 3. The van der Waals surface area contributed by atoms with Gasteiger partial charge in [0.15, 0.2) is 5.76 Å². The van der Waals surface area contributed by atoms with Crippen molar-refractivity contribution in [2.45, 2.75) is 13.5 Å². The van der Waals surface area contributed by atoms with Gasteiger partial charge in [0.05, 0.1) is 6.26 Å². The Bertz CT molecular complexity index is 783. The van der Waals surface area contributed by atoms with E-state index in [1.54, 1.807) is 40.4 Å². The summed E-state index contributed by atoms with van der Waals surface area (Å²) >= 11 is 0. The normalized spacial score (nSPS) is 14.1. The first-order valence-electron chi connectivity index (χ1n) is 8.79. The summed E-state index contributed by atoms with van der Waals surface area (Å²) in [5.74, 6) is -0.166. The molecule has 142 valence electrons. The van der Waals surface area contributed by atoms with Crippen molar-refractivity contribution in [2.24, 2.45) is 0 Å². The second kappa shape index (κ2) is 8.48. The van der Waals surface area contributed by atoms with Gasteiger partial charge in [0.2, 0.25) is 11.8 Å². The lowest BCUT2D eigenvalue weighted by molar-refractivity contribution is -0.140. The molecule has 0 unspecified atom stereocenters. The molecule has 0 aromatic carbocycles. The minimum absolute atomic E-state index is 0.0103. The van der Waals surface area contributed by atoms with Crippen LogP contribution in [0, 0.1) is 0 Å². The Morgan fingerprint density at radius 3 is 2.44 bits per heavy atom. The number of furan rings is 1. The molecule has 3 heterocycles. The lowest BCUT2D eigenvalue weighted by Gasteiger charge is -2.35. The number of carbonyl (C=O) groups excluding carboxylic acids is 3. The Kier molecular flexibility index (Phi) is 5.85. The van der Waals surface area contributed by atoms with E-state index in [0.717, 1.165) is 5.56 Å². The fourth-order valence-electron chi connectivity index (χ4n) is 2.97. The van der Waals surface area contributed by atoms with Crippen molar-refractivity contribution in [2.75, 3.05) is 32.7 Å². The molecule has 1 aliphatic rings. The first-order valence-corrected chi connectivity index (χ1v) is 8.79. The largest absolute Gasteiger partial charge is 0.459 e. The maximum Gasteiger partial charge on any atom is 0.289 e. The summed E-state index contributed by atoms with van der Waals surface area (Å²) in [6.07, 6.45) is 4.81. The molecule has 3 rings (SSSR count). The molecule has 0 saturated carbocycles. The van der Waals surface area contributed by atoms with Crippen LogP contribution in [0.5, 0.6) is 0 Å². The van der Waals surface area contributed by atoms with Crippen molar-refractivity contribution in [1.29, 1.82) is 0 Å². The molecule has 27 heavy (non-hydrogen) atoms. The van der Waals surface area contributed by atoms with Gasteiger partial charge < -0.3 is 19.1 Å². The average Bonchev–Trinajstić information content (AvgIpc) is 3.22. The number of rotatable bonds is 5. The van der Waals surface area contributed by atoms with Gasteiger partial charge in [0, 0.05) is 52.0 Å². The molecule has 3 amide bonds. The Morgan fingerprint density at radius 1 is 1.11 bits per heavy atom. The molecule has 8 nitrogen and oxygen atoms in total. The van der Waals surface area contributed by atoms with Crippen LogP contribution in [-0.2, 0) is 16.1 Å². The third-order valence-corrected chi connectivity index (χ3v) is 4.52. The van der Waals surface area contributed by atoms with E-state index in [1.807, 2.05) is 6.07 Å². The van der Waals surface area contributed by atoms with Crippen LogP contribution >= 0.6 is 0 Å². The first-order chi connectivity index (χ1) is 13.0. The summed E-state index contributed by atoms with van der Waals surface area (Å²) in [5.41, 5.74) is 0.870. The van der Waals surface area contributed by atoms with Crippen LogP contribution in [0.1, 0.15) is 23.0 Å². The van der Waals surface area contributed by atoms with Crippen LogP contribution in [0.3, 0.4) is 0 Å². The lowest BCUT2D eigenvalue weighted by atomic mass is 10.2. The van der Waals surface area contributed by atoms with Gasteiger partial charge in [-0.15, -0.1) is 0 Å². The molecule has 0 aliphatic carbocycles. The van der Waals surface area contributed by atoms with Crippen molar-refractivity contribution in [3.05, 3.63) is 54.2 Å². The summed E-state index contributed by atoms with van der Waals surface area (Å²) < 4.78 is 5.14. The number of pyridine rings is 1. The highest BCUT2D eigenvalue weighted by molar-refractivity contribution is 5.91. The Labute approximate surface area is 157 Å². The highest BCUT2D eigenvalue weighted by atomic mass is 16.3. The van der Waals surface area contributed by atoms with E-state index in [4.69, 9.17) is 4.42 Å². The molecule has 8 heteroatoms. The standard InChI is InChI=1S/C19H22N4O4/c1-15(24)23(13-16-4-2-6-20-12-16)14-18(25)21-7-9-22(10-8-21)19(26)17-5-3-11-27-17/h2-6,11-12H,7-10,13-14H2,1H3. The topological polar surface area (TPSA) is 87.0 Å². The molecule has 0 radical (unpaired) electrons. The van der Waals surface area contributed by atoms with E-state index in [0.29, 0.717) is 38.5 Å². The van der Waals surface area contributed by atoms with Crippen molar-refractivity contribution >= 4 is 17.7 Å². The van der Waals surface area contributed by atoms with E-state index in [1.165, 1.54) is 18.1 Å². The molecule has 2 aromatic heterocycles. The minimum Gasteiger partial charge on any atom is -0.459 e. The van der Waals surface area contributed by atoms with E-state index in [9.17, 15) is 14.4 Å². The maximum absolute atomic E-state index is 12.6. The minimum atomic E-state index is -0.172. The van der Waals surface area contributed by atoms with Gasteiger partial charge in [0.25, 0.3) is 5.91 Å². The fraction of sp³-hybridized carbons (Fsp3) is 0.368. The fourth-order valence-corrected chi connectivity index (χ4v) is 2.97. The molecule has 1 fully saturated rings. The molecule has 0 N–H and O–H groups in total. The van der Waals surface area contributed by atoms with Crippen LogP contribution in [-0.4, -0.2) is 70.1 Å². The van der Waals surface area contributed by atoms with Gasteiger partial charge >= 0.3 is 0 Å². The zero-order chi connectivity index (χ0) is 19.2. The molecular weight excluding hydrogens is 348 g/mol. The van der Waals surface area contributed by atoms with Crippen LogP contribution in [0.4, 0.5) is 0 Å². The summed E-state index contributed by atoms with van der Waals surface area (Å²) in [5, 5.41) is 0. The van der Waals surface area contributed by atoms with Crippen LogP contribution in [0.2, 0.25) is 0 Å². The van der Waals surface area contributed by atoms with Gasteiger partial charge in [0.1, 0.15) is 6.54 Å². The molecule has 1 saturated heterocycles. The maximum atomic E-state index is 12.6. The van der Waals surface area contributed by atoms with Crippen molar-refractivity contribution in [3.63, 3.8) is 0 Å². The second-order valence-corrected chi connectivity index (χ2v) is 6.39. The highest BCUT2D eigenvalue weighted by Gasteiger charge is 2.27. The summed E-state index contributed by atoms with van der Waals surface area (Å²) in [4.78, 5) is 45.7. The number of hydrogen-bond acceptors (Lipinski definition) is 5. The van der Waals surface area contributed by atoms with E-state index in [-0.39, 0.29) is 24.3 Å². The molecule has 2 aromatic rings. The van der Waals surface area contributed by atoms with Crippen LogP contribution < -0.4 is 0 Å². The lowest BCUT2D eigenvalue weighted by Crippen LogP contribution is -2.52. The Morgan fingerprint density at radius 2 is 1.85 bits per heavy atom. The number of piperazine rings is 1. The Balaban J connectivity index is 1.53. The number of carbonyl (C=O) groups is 3. The van der Waals surface area contributed by atoms with Gasteiger partial charge in [-0.25, -0.2) is 0 Å². The quantitative estimate of drug-likeness (QED) is 0.784. The van der Waals surface area contributed by atoms with Crippen LogP contribution in [0.15, 0.2) is 47.3 Å². The number of nitrogens with zero attached hydrogens (tertiary/aromatic N) is 4. The van der Waals surface area contributed by atoms with Gasteiger partial charge in [-0.05, 0) is 23.8 Å². The van der Waals surface area contributed by atoms with E-state index >= 15 is 0 Å². The zero-order valence-electron chi connectivity index (χ0n) is 15.2. The Hall–Kier alpha value is -3.16. The average molecular weight is 370 g/mol. The monoisotopic (exact) mass is 370 g/mol. The SMILES string of the molecule is CC(=O)N(CC(=O)N1CCN(C(=O)c2ccco2)CC1)Cc1cccnc1. The zero-order valence-corrected chi connectivity index (χ0v) is 15.2. The molecule has 0 atom stereocenters. The van der Waals surface area contributed by atoms with Gasteiger partial charge in [-0.2, -0.15) is 0 Å². The molecular formula is C19H22N4O4. The van der Waals surface area contributed by atoms with Crippen LogP contribution in [0.25, 0.3) is 0 Å². The van der Waals surface area contributed by atoms with E-state index < -0.39 is 0 Å². The second-order valence-electron chi connectivity index (χ2n) is 6.39. The summed E-state index contributed by atoms with van der Waals surface area (Å²) in [6.45, 7) is 3.54. The first kappa shape index (κ1) is 18.6. The highest BCUT2D eigenvalue weighted by Crippen LogP contribution is 2.11. The third-order valence-electron chi connectivity index (χ3n) is 4.52. The van der Waals surface area contributed by atoms with Gasteiger partial charge in [-0.3, -0.25) is 19.4 Å². The molecule has 0 spiro atoms. The predicted molar refractivity (Wildman–Crippen MR) is 96.5 cm³/mol. The summed E-state index contributed by atoms with van der Waals surface area (Å²) in [7, 11) is 0. The summed E-state index contributed by atoms with van der Waals surface area (Å²) in [6, 6.07) is 6.96. The molecule has 0 bridgehead atoms. The number of aromatic nitrogens is 1. The predicted octanol–water partition coefficient (Wildman–Crippen LogP) is 1.01. The van der Waals surface area contributed by atoms with Crippen molar-refractivity contribution in [1.82, 2.24) is 19.7 Å². The number of hydrogen-bond donors (Lipinski definition) is 0. The van der Waals surface area contributed by atoms with E-state index in [2.05, 4.69) is 4.98 Å². The van der Waals surface area contributed by atoms with Crippen molar-refractivity contribution < 1.29 is 18.8 Å². The van der Waals surface area contributed by atoms with Crippen molar-refractivity contribution in [3.8, 4) is 0 Å². The van der Waals surface area contributed by atoms with Gasteiger partial charge in [-0.1, -0.05) is 6.07 Å². The third kappa shape index (κ3) is 4.72. The smallest absolute Gasteiger partial charge is 0.289 e.